The highest BCUT2D eigenvalue weighted by Gasteiger charge is 2.26. The molecule has 1 saturated carbocycles. The van der Waals surface area contributed by atoms with E-state index in [1.54, 1.807) is 25.2 Å². The number of esters is 1. The van der Waals surface area contributed by atoms with Crippen LogP contribution in [0.25, 0.3) is 6.08 Å². The molecule has 1 fully saturated rings. The number of rotatable bonds is 13. The maximum Gasteiger partial charge on any atom is 0.333 e. The van der Waals surface area contributed by atoms with Gasteiger partial charge in [0.15, 0.2) is 0 Å². The third kappa shape index (κ3) is 9.64. The fourth-order valence-corrected chi connectivity index (χ4v) is 5.71. The molecule has 7 heteroatoms. The van der Waals surface area contributed by atoms with Gasteiger partial charge >= 0.3 is 5.97 Å². The van der Waals surface area contributed by atoms with Crippen LogP contribution in [0.15, 0.2) is 41.5 Å². The van der Waals surface area contributed by atoms with E-state index in [0.717, 1.165) is 77.6 Å². The van der Waals surface area contributed by atoms with Crippen LogP contribution >= 0.6 is 11.3 Å². The minimum atomic E-state index is -0.312. The molecule has 0 bridgehead atoms. The second kappa shape index (κ2) is 15.6. The topological polar surface area (TPSA) is 77.5 Å². The number of carbonyl (C=O) groups excluding carboxylic acids is 2. The number of allylic oxidation sites excluding steroid dienone is 2. The lowest BCUT2D eigenvalue weighted by Crippen LogP contribution is -2.35. The van der Waals surface area contributed by atoms with E-state index in [1.807, 2.05) is 38.1 Å². The Hall–Kier alpha value is -2.93. The first kappa shape index (κ1) is 30.6. The Morgan fingerprint density at radius 2 is 1.85 bits per heavy atom. The normalized spacial score (nSPS) is 15.6. The number of benzene rings is 1. The molecule has 1 heterocycles. The zero-order valence-electron chi connectivity index (χ0n) is 24.2. The van der Waals surface area contributed by atoms with Gasteiger partial charge in [0, 0.05) is 16.4 Å². The van der Waals surface area contributed by atoms with Gasteiger partial charge in [-0.05, 0) is 88.8 Å². The zero-order valence-corrected chi connectivity index (χ0v) is 25.0. The molecule has 1 aliphatic carbocycles. The van der Waals surface area contributed by atoms with Crippen molar-refractivity contribution in [3.05, 3.63) is 62.6 Å². The van der Waals surface area contributed by atoms with Crippen molar-refractivity contribution in [2.24, 2.45) is 5.92 Å². The second-order valence-electron chi connectivity index (χ2n) is 10.4. The molecule has 0 unspecified atom stereocenters. The van der Waals surface area contributed by atoms with E-state index >= 15 is 0 Å². The predicted molar refractivity (Wildman–Crippen MR) is 159 cm³/mol. The minimum absolute atomic E-state index is 0.0780. The average Bonchev–Trinajstić information content (AvgIpc) is 3.29. The van der Waals surface area contributed by atoms with Crippen LogP contribution in [-0.2, 0) is 20.7 Å². The third-order valence-corrected chi connectivity index (χ3v) is 8.08. The summed E-state index contributed by atoms with van der Waals surface area (Å²) in [7, 11) is 0. The maximum atomic E-state index is 13.3. The van der Waals surface area contributed by atoms with Gasteiger partial charge in [0.05, 0.1) is 24.9 Å². The van der Waals surface area contributed by atoms with Crippen molar-refractivity contribution in [3.8, 4) is 5.75 Å². The quantitative estimate of drug-likeness (QED) is 0.120. The van der Waals surface area contributed by atoms with Gasteiger partial charge in [0.25, 0.3) is 0 Å². The van der Waals surface area contributed by atoms with Crippen molar-refractivity contribution < 1.29 is 19.1 Å². The SMILES string of the molecule is CCCCOc1ccc(C[C@H](NC(=O)C2CCCCC2)c2nc(/C=C(C)/C=C(/C)C(=O)OCC)c(C)s2)cc1. The van der Waals surface area contributed by atoms with Crippen LogP contribution in [0.1, 0.15) is 99.8 Å². The van der Waals surface area contributed by atoms with Crippen molar-refractivity contribution >= 4 is 29.3 Å². The number of hydrogen-bond donors (Lipinski definition) is 1. The summed E-state index contributed by atoms with van der Waals surface area (Å²) in [5.74, 6) is 0.768. The molecule has 1 atom stereocenters. The number of hydrogen-bond acceptors (Lipinski definition) is 6. The number of aryl methyl sites for hydroxylation is 1. The first-order chi connectivity index (χ1) is 18.8. The minimum Gasteiger partial charge on any atom is -0.494 e. The van der Waals surface area contributed by atoms with Crippen molar-refractivity contribution in [1.82, 2.24) is 10.3 Å². The van der Waals surface area contributed by atoms with Crippen molar-refractivity contribution in [3.63, 3.8) is 0 Å². The molecule has 1 aromatic heterocycles. The monoisotopic (exact) mass is 552 g/mol. The Labute approximate surface area is 237 Å². The number of amides is 1. The van der Waals surface area contributed by atoms with Gasteiger partial charge in [0.2, 0.25) is 5.91 Å². The molecule has 212 valence electrons. The molecule has 0 spiro atoms. The van der Waals surface area contributed by atoms with Crippen molar-refractivity contribution in [2.45, 2.75) is 92.0 Å². The molecule has 3 rings (SSSR count). The fraction of sp³-hybridized carbons (Fsp3) is 0.531. The molecule has 2 aromatic rings. The highest BCUT2D eigenvalue weighted by atomic mass is 32.1. The summed E-state index contributed by atoms with van der Waals surface area (Å²) in [5, 5.41) is 4.24. The first-order valence-electron chi connectivity index (χ1n) is 14.3. The first-order valence-corrected chi connectivity index (χ1v) is 15.2. The van der Waals surface area contributed by atoms with Crippen LogP contribution < -0.4 is 10.1 Å². The molecule has 1 aliphatic rings. The molecule has 1 amide bonds. The van der Waals surface area contributed by atoms with Gasteiger partial charge in [-0.15, -0.1) is 11.3 Å². The molecular formula is C32H44N2O4S. The maximum absolute atomic E-state index is 13.3. The summed E-state index contributed by atoms with van der Waals surface area (Å²) >= 11 is 1.61. The molecule has 6 nitrogen and oxygen atoms in total. The average molecular weight is 553 g/mol. The summed E-state index contributed by atoms with van der Waals surface area (Å²) in [6.45, 7) is 10.8. The summed E-state index contributed by atoms with van der Waals surface area (Å²) in [6.07, 6.45) is 12.0. The van der Waals surface area contributed by atoms with E-state index in [-0.39, 0.29) is 23.8 Å². The highest BCUT2D eigenvalue weighted by Crippen LogP contribution is 2.30. The fourth-order valence-electron chi connectivity index (χ4n) is 4.76. The predicted octanol–water partition coefficient (Wildman–Crippen LogP) is 7.52. The molecule has 1 aromatic carbocycles. The highest BCUT2D eigenvalue weighted by molar-refractivity contribution is 7.11. The molecule has 1 N–H and O–H groups in total. The Morgan fingerprint density at radius 3 is 2.51 bits per heavy atom. The number of aromatic nitrogens is 1. The molecule has 0 saturated heterocycles. The van der Waals surface area contributed by atoms with Crippen molar-refractivity contribution in [1.29, 1.82) is 0 Å². The van der Waals surface area contributed by atoms with Crippen LogP contribution in [-0.4, -0.2) is 30.1 Å². The number of ether oxygens (including phenoxy) is 2. The van der Waals surface area contributed by atoms with Gasteiger partial charge in [-0.2, -0.15) is 0 Å². The Morgan fingerprint density at radius 1 is 1.13 bits per heavy atom. The van der Waals surface area contributed by atoms with E-state index in [0.29, 0.717) is 18.6 Å². The van der Waals surface area contributed by atoms with Crippen LogP contribution in [0.2, 0.25) is 0 Å². The van der Waals surface area contributed by atoms with E-state index in [9.17, 15) is 9.59 Å². The zero-order chi connectivity index (χ0) is 28.2. The van der Waals surface area contributed by atoms with Gasteiger partial charge in [-0.25, -0.2) is 9.78 Å². The molecular weight excluding hydrogens is 508 g/mol. The standard InChI is InChI=1S/C32H44N2O4S/c1-6-8-18-38-27-16-14-25(15-17-27)21-29(33-30(35)26-12-10-9-11-13-26)31-34-28(24(5)39-31)20-22(3)19-23(4)32(36)37-7-2/h14-17,19-20,26,29H,6-13,18,21H2,1-5H3,(H,33,35)/b22-20+,23-19-/t29-/m0/s1. The Kier molecular flexibility index (Phi) is 12.2. The van der Waals surface area contributed by atoms with E-state index in [1.165, 1.54) is 6.42 Å². The van der Waals surface area contributed by atoms with Crippen LogP contribution in [0.3, 0.4) is 0 Å². The lowest BCUT2D eigenvalue weighted by atomic mass is 9.88. The summed E-state index contributed by atoms with van der Waals surface area (Å²) in [6, 6.07) is 7.96. The summed E-state index contributed by atoms with van der Waals surface area (Å²) in [5.41, 5.74) is 3.46. The second-order valence-corrected chi connectivity index (χ2v) is 11.6. The largest absolute Gasteiger partial charge is 0.494 e. The van der Waals surface area contributed by atoms with E-state index in [2.05, 4.69) is 24.4 Å². The number of unbranched alkanes of at least 4 members (excludes halogenated alkanes) is 1. The lowest BCUT2D eigenvalue weighted by Gasteiger charge is -2.24. The van der Waals surface area contributed by atoms with Gasteiger partial charge in [-0.3, -0.25) is 4.79 Å². The number of carbonyl (C=O) groups is 2. The Bertz CT molecular complexity index is 1140. The summed E-state index contributed by atoms with van der Waals surface area (Å²) in [4.78, 5) is 31.3. The van der Waals surface area contributed by atoms with Gasteiger partial charge in [-0.1, -0.05) is 44.7 Å². The van der Waals surface area contributed by atoms with Crippen molar-refractivity contribution in [2.75, 3.05) is 13.2 Å². The Balaban J connectivity index is 1.81. The van der Waals surface area contributed by atoms with Crippen LogP contribution in [0.5, 0.6) is 5.75 Å². The number of nitrogens with one attached hydrogen (secondary N) is 1. The van der Waals surface area contributed by atoms with E-state index < -0.39 is 0 Å². The molecule has 0 aliphatic heterocycles. The molecule has 0 radical (unpaired) electrons. The lowest BCUT2D eigenvalue weighted by molar-refractivity contribution is -0.138. The number of thiazole rings is 1. The van der Waals surface area contributed by atoms with Crippen LogP contribution in [0.4, 0.5) is 0 Å². The number of nitrogens with zero attached hydrogens (tertiary/aromatic N) is 1. The van der Waals surface area contributed by atoms with Gasteiger partial charge in [0.1, 0.15) is 10.8 Å². The van der Waals surface area contributed by atoms with E-state index in [4.69, 9.17) is 14.5 Å². The summed E-state index contributed by atoms with van der Waals surface area (Å²) < 4.78 is 10.9. The third-order valence-electron chi connectivity index (χ3n) is 6.98. The molecule has 39 heavy (non-hydrogen) atoms. The van der Waals surface area contributed by atoms with Crippen LogP contribution in [0, 0.1) is 12.8 Å². The van der Waals surface area contributed by atoms with Gasteiger partial charge < -0.3 is 14.8 Å². The smallest absolute Gasteiger partial charge is 0.333 e.